The fraction of sp³-hybridized carbons (Fsp3) is 0.800. The van der Waals surface area contributed by atoms with Crippen LogP contribution in [0, 0.1) is 5.92 Å². The third-order valence-electron chi connectivity index (χ3n) is 2.62. The molecule has 14 heavy (non-hydrogen) atoms. The van der Waals surface area contributed by atoms with Gasteiger partial charge >= 0.3 is 5.97 Å². The first kappa shape index (κ1) is 13.1. The summed E-state index contributed by atoms with van der Waals surface area (Å²) >= 11 is 0. The van der Waals surface area contributed by atoms with Crippen molar-refractivity contribution in [3.8, 4) is 0 Å². The van der Waals surface area contributed by atoms with E-state index in [-0.39, 0.29) is 12.4 Å². The molecule has 0 saturated heterocycles. The number of ketones is 1. The molecule has 0 bridgehead atoms. The number of esters is 1. The van der Waals surface area contributed by atoms with Gasteiger partial charge in [0.25, 0.3) is 0 Å². The molecule has 0 unspecified atom stereocenters. The van der Waals surface area contributed by atoms with Crippen LogP contribution in [0.15, 0.2) is 0 Å². The second kappa shape index (κ2) is 5.10. The Balaban J connectivity index is 4.78. The average Bonchev–Trinajstić information content (AvgIpc) is 2.15. The fourth-order valence-electron chi connectivity index (χ4n) is 1.26. The molecule has 0 aromatic carbocycles. The van der Waals surface area contributed by atoms with Crippen molar-refractivity contribution in [1.82, 2.24) is 0 Å². The van der Waals surface area contributed by atoms with E-state index in [4.69, 9.17) is 10.5 Å². The van der Waals surface area contributed by atoms with Crippen LogP contribution in [0.2, 0.25) is 0 Å². The maximum atomic E-state index is 11.5. The van der Waals surface area contributed by atoms with Crippen molar-refractivity contribution in [2.45, 2.75) is 39.7 Å². The predicted molar refractivity (Wildman–Crippen MR) is 53.7 cm³/mol. The quantitative estimate of drug-likeness (QED) is 0.670. The number of ether oxygens (including phenoxy) is 1. The Morgan fingerprint density at radius 3 is 2.21 bits per heavy atom. The van der Waals surface area contributed by atoms with Crippen LogP contribution < -0.4 is 5.73 Å². The molecule has 0 aromatic heterocycles. The number of rotatable bonds is 5. The Labute approximate surface area is 84.8 Å². The van der Waals surface area contributed by atoms with Crippen LogP contribution in [-0.4, -0.2) is 23.9 Å². The van der Waals surface area contributed by atoms with Gasteiger partial charge in [0.1, 0.15) is 11.3 Å². The maximum Gasteiger partial charge on any atom is 0.326 e. The molecule has 0 amide bonds. The Morgan fingerprint density at radius 2 is 1.93 bits per heavy atom. The number of Topliss-reactive ketones (excluding diaryl/α,β-unsaturated/α-hetero) is 1. The first-order chi connectivity index (χ1) is 6.40. The van der Waals surface area contributed by atoms with Crippen molar-refractivity contribution in [2.24, 2.45) is 11.7 Å². The topological polar surface area (TPSA) is 69.4 Å². The molecule has 0 radical (unpaired) electrons. The highest BCUT2D eigenvalue weighted by Crippen LogP contribution is 2.21. The van der Waals surface area contributed by atoms with Gasteiger partial charge in [-0.05, 0) is 20.3 Å². The molecule has 0 spiro atoms. The second-order valence-corrected chi connectivity index (χ2v) is 3.45. The van der Waals surface area contributed by atoms with Crippen molar-refractivity contribution >= 4 is 11.8 Å². The Morgan fingerprint density at radius 1 is 1.43 bits per heavy atom. The predicted octanol–water partition coefficient (Wildman–Crippen LogP) is 0.882. The molecule has 0 rings (SSSR count). The SMILES string of the molecule is CCOC(=O)[C@](N)(CC)[C@H](C)C(C)=O. The summed E-state index contributed by atoms with van der Waals surface area (Å²) in [4.78, 5) is 22.7. The van der Waals surface area contributed by atoms with Crippen LogP contribution >= 0.6 is 0 Å². The minimum absolute atomic E-state index is 0.0950. The summed E-state index contributed by atoms with van der Waals surface area (Å²) in [5, 5.41) is 0. The van der Waals surface area contributed by atoms with Gasteiger partial charge in [-0.25, -0.2) is 0 Å². The largest absolute Gasteiger partial charge is 0.465 e. The summed E-state index contributed by atoms with van der Waals surface area (Å²) in [6, 6.07) is 0. The van der Waals surface area contributed by atoms with Crippen LogP contribution in [0.25, 0.3) is 0 Å². The number of hydrogen-bond acceptors (Lipinski definition) is 4. The van der Waals surface area contributed by atoms with E-state index in [1.807, 2.05) is 0 Å². The molecule has 0 aliphatic rings. The molecule has 4 nitrogen and oxygen atoms in total. The summed E-state index contributed by atoms with van der Waals surface area (Å²) in [7, 11) is 0. The molecule has 0 fully saturated rings. The molecule has 4 heteroatoms. The molecule has 0 heterocycles. The summed E-state index contributed by atoms with van der Waals surface area (Å²) < 4.78 is 4.85. The summed E-state index contributed by atoms with van der Waals surface area (Å²) in [6.45, 7) is 6.86. The zero-order valence-electron chi connectivity index (χ0n) is 9.29. The zero-order valence-corrected chi connectivity index (χ0v) is 9.29. The first-order valence-corrected chi connectivity index (χ1v) is 4.86. The van der Waals surface area contributed by atoms with E-state index in [9.17, 15) is 9.59 Å². The Hall–Kier alpha value is -0.900. The van der Waals surface area contributed by atoms with E-state index in [2.05, 4.69) is 0 Å². The van der Waals surface area contributed by atoms with Gasteiger partial charge in [0, 0.05) is 5.92 Å². The number of carbonyl (C=O) groups is 2. The minimum atomic E-state index is -1.18. The lowest BCUT2D eigenvalue weighted by Crippen LogP contribution is -2.55. The van der Waals surface area contributed by atoms with Crippen LogP contribution in [0.1, 0.15) is 34.1 Å². The minimum Gasteiger partial charge on any atom is -0.465 e. The van der Waals surface area contributed by atoms with Crippen molar-refractivity contribution in [3.63, 3.8) is 0 Å². The van der Waals surface area contributed by atoms with E-state index in [1.54, 1.807) is 20.8 Å². The lowest BCUT2D eigenvalue weighted by Gasteiger charge is -2.30. The van der Waals surface area contributed by atoms with Gasteiger partial charge < -0.3 is 10.5 Å². The molecular weight excluding hydrogens is 182 g/mol. The molecule has 0 aliphatic carbocycles. The Kier molecular flexibility index (Phi) is 4.77. The van der Waals surface area contributed by atoms with Crippen LogP contribution in [0.4, 0.5) is 0 Å². The van der Waals surface area contributed by atoms with E-state index >= 15 is 0 Å². The van der Waals surface area contributed by atoms with E-state index in [0.717, 1.165) is 0 Å². The highest BCUT2D eigenvalue weighted by molar-refractivity contribution is 5.90. The second-order valence-electron chi connectivity index (χ2n) is 3.45. The number of carbonyl (C=O) groups excluding carboxylic acids is 2. The maximum absolute atomic E-state index is 11.5. The van der Waals surface area contributed by atoms with Crippen molar-refractivity contribution in [1.29, 1.82) is 0 Å². The average molecular weight is 201 g/mol. The van der Waals surface area contributed by atoms with E-state index in [1.165, 1.54) is 6.92 Å². The van der Waals surface area contributed by atoms with Gasteiger partial charge in [0.05, 0.1) is 6.61 Å². The molecule has 82 valence electrons. The highest BCUT2D eigenvalue weighted by Gasteiger charge is 2.41. The van der Waals surface area contributed by atoms with Gasteiger partial charge in [-0.3, -0.25) is 9.59 Å². The van der Waals surface area contributed by atoms with E-state index in [0.29, 0.717) is 6.42 Å². The lowest BCUT2D eigenvalue weighted by atomic mass is 9.81. The van der Waals surface area contributed by atoms with Crippen molar-refractivity contribution in [3.05, 3.63) is 0 Å². The van der Waals surface area contributed by atoms with Gasteiger partial charge in [0.2, 0.25) is 0 Å². The zero-order chi connectivity index (χ0) is 11.4. The summed E-state index contributed by atoms with van der Waals surface area (Å²) in [6.07, 6.45) is 0.395. The molecule has 0 aromatic rings. The molecule has 2 atom stereocenters. The van der Waals surface area contributed by atoms with Gasteiger partial charge in [0.15, 0.2) is 0 Å². The van der Waals surface area contributed by atoms with Gasteiger partial charge in [-0.15, -0.1) is 0 Å². The van der Waals surface area contributed by atoms with Gasteiger partial charge in [-0.1, -0.05) is 13.8 Å². The fourth-order valence-corrected chi connectivity index (χ4v) is 1.26. The van der Waals surface area contributed by atoms with Crippen molar-refractivity contribution < 1.29 is 14.3 Å². The number of nitrogens with two attached hydrogens (primary N) is 1. The van der Waals surface area contributed by atoms with Gasteiger partial charge in [-0.2, -0.15) is 0 Å². The third-order valence-corrected chi connectivity index (χ3v) is 2.62. The molecule has 2 N–H and O–H groups in total. The van der Waals surface area contributed by atoms with Crippen LogP contribution in [0.5, 0.6) is 0 Å². The lowest BCUT2D eigenvalue weighted by molar-refractivity contribution is -0.154. The third kappa shape index (κ3) is 2.54. The van der Waals surface area contributed by atoms with Crippen LogP contribution in [-0.2, 0) is 14.3 Å². The van der Waals surface area contributed by atoms with Crippen LogP contribution in [0.3, 0.4) is 0 Å². The summed E-state index contributed by atoms with van der Waals surface area (Å²) in [5.41, 5.74) is 4.70. The van der Waals surface area contributed by atoms with E-state index < -0.39 is 17.4 Å². The molecule has 0 aliphatic heterocycles. The summed E-state index contributed by atoms with van der Waals surface area (Å²) in [5.74, 6) is -1.10. The van der Waals surface area contributed by atoms with Crippen molar-refractivity contribution in [2.75, 3.05) is 6.61 Å². The first-order valence-electron chi connectivity index (χ1n) is 4.86. The molecule has 0 saturated carbocycles. The smallest absolute Gasteiger partial charge is 0.326 e. The Bertz CT molecular complexity index is 227. The monoisotopic (exact) mass is 201 g/mol. The highest BCUT2D eigenvalue weighted by atomic mass is 16.5. The number of hydrogen-bond donors (Lipinski definition) is 1. The standard InChI is InChI=1S/C10H19NO3/c1-5-10(11,7(3)8(4)12)9(13)14-6-2/h7H,5-6,11H2,1-4H3/t7-,10+/m1/s1. The normalized spacial score (nSPS) is 16.9. The molecular formula is C10H19NO3.